The van der Waals surface area contributed by atoms with Gasteiger partial charge in [0.05, 0.1) is 11.6 Å². The third-order valence-corrected chi connectivity index (χ3v) is 2.99. The normalized spacial score (nSPS) is 10.0. The highest BCUT2D eigenvalue weighted by molar-refractivity contribution is 5.38. The van der Waals surface area contributed by atoms with E-state index in [1.807, 2.05) is 26.0 Å². The molecule has 2 rings (SSSR count). The number of benzene rings is 2. The highest BCUT2D eigenvalue weighted by atomic mass is 19.1. The van der Waals surface area contributed by atoms with Gasteiger partial charge in [-0.15, -0.1) is 0 Å². The Balaban J connectivity index is 2.13. The quantitative estimate of drug-likeness (QED) is 0.833. The van der Waals surface area contributed by atoms with Crippen LogP contribution in [0.15, 0.2) is 36.4 Å². The third-order valence-electron chi connectivity index (χ3n) is 2.99. The van der Waals surface area contributed by atoms with Crippen LogP contribution in [0.4, 0.5) is 4.39 Å². The van der Waals surface area contributed by atoms with E-state index in [0.29, 0.717) is 17.9 Å². The molecule has 2 aromatic rings. The Bertz CT molecular complexity index is 644. The average molecular weight is 255 g/mol. The van der Waals surface area contributed by atoms with Crippen LogP contribution in [0.25, 0.3) is 0 Å². The van der Waals surface area contributed by atoms with Gasteiger partial charge in [-0.25, -0.2) is 4.39 Å². The van der Waals surface area contributed by atoms with Gasteiger partial charge in [0.15, 0.2) is 0 Å². The first-order valence-electron chi connectivity index (χ1n) is 5.99. The molecule has 2 aromatic carbocycles. The number of halogens is 1. The molecule has 0 fully saturated rings. The molecular weight excluding hydrogens is 241 g/mol. The molecule has 19 heavy (non-hydrogen) atoms. The largest absolute Gasteiger partial charge is 0.489 e. The molecule has 0 radical (unpaired) electrons. The van der Waals surface area contributed by atoms with E-state index in [2.05, 4.69) is 6.07 Å². The summed E-state index contributed by atoms with van der Waals surface area (Å²) in [5, 5.41) is 8.81. The van der Waals surface area contributed by atoms with E-state index in [1.165, 1.54) is 12.1 Å². The smallest absolute Gasteiger partial charge is 0.123 e. The van der Waals surface area contributed by atoms with Crippen LogP contribution >= 0.6 is 0 Å². The third kappa shape index (κ3) is 3.11. The Hall–Kier alpha value is -2.34. The topological polar surface area (TPSA) is 33.0 Å². The molecule has 0 amide bonds. The molecule has 0 spiro atoms. The standard InChI is InChI=1S/C16H14FNO/c1-11-7-13(9-18)3-4-14(11)10-19-16-6-5-15(17)8-12(16)2/h3-8H,10H2,1-2H3. The first-order valence-corrected chi connectivity index (χ1v) is 5.99. The maximum atomic E-state index is 13.0. The van der Waals surface area contributed by atoms with Crippen molar-refractivity contribution >= 4 is 0 Å². The van der Waals surface area contributed by atoms with Gasteiger partial charge in [-0.05, 0) is 60.9 Å². The molecule has 96 valence electrons. The first kappa shape index (κ1) is 13.1. The Morgan fingerprint density at radius 3 is 2.53 bits per heavy atom. The van der Waals surface area contributed by atoms with Crippen molar-refractivity contribution in [2.75, 3.05) is 0 Å². The van der Waals surface area contributed by atoms with Crippen LogP contribution in [0, 0.1) is 31.0 Å². The summed E-state index contributed by atoms with van der Waals surface area (Å²) in [5.41, 5.74) is 3.44. The van der Waals surface area contributed by atoms with Gasteiger partial charge < -0.3 is 4.74 Å². The van der Waals surface area contributed by atoms with Gasteiger partial charge in [-0.3, -0.25) is 0 Å². The number of ether oxygens (including phenoxy) is 1. The first-order chi connectivity index (χ1) is 9.10. The summed E-state index contributed by atoms with van der Waals surface area (Å²) in [6.45, 7) is 4.16. The Labute approximate surface area is 112 Å². The van der Waals surface area contributed by atoms with E-state index >= 15 is 0 Å². The van der Waals surface area contributed by atoms with E-state index in [9.17, 15) is 4.39 Å². The fourth-order valence-corrected chi connectivity index (χ4v) is 1.86. The van der Waals surface area contributed by atoms with Gasteiger partial charge in [-0.1, -0.05) is 6.07 Å². The van der Waals surface area contributed by atoms with Gasteiger partial charge in [-0.2, -0.15) is 5.26 Å². The zero-order valence-corrected chi connectivity index (χ0v) is 10.9. The van der Waals surface area contributed by atoms with E-state index in [4.69, 9.17) is 10.00 Å². The van der Waals surface area contributed by atoms with Crippen LogP contribution in [0.3, 0.4) is 0 Å². The summed E-state index contributed by atoms with van der Waals surface area (Å²) in [5.74, 6) is 0.407. The average Bonchev–Trinajstić information content (AvgIpc) is 2.39. The second-order valence-corrected chi connectivity index (χ2v) is 4.45. The van der Waals surface area contributed by atoms with Gasteiger partial charge >= 0.3 is 0 Å². The molecular formula is C16H14FNO. The Morgan fingerprint density at radius 1 is 1.11 bits per heavy atom. The van der Waals surface area contributed by atoms with Gasteiger partial charge in [0.2, 0.25) is 0 Å². The molecule has 0 heterocycles. The van der Waals surface area contributed by atoms with Crippen molar-refractivity contribution in [2.24, 2.45) is 0 Å². The fraction of sp³-hybridized carbons (Fsp3) is 0.188. The molecule has 0 aromatic heterocycles. The van der Waals surface area contributed by atoms with Crippen molar-refractivity contribution in [3.05, 3.63) is 64.5 Å². The van der Waals surface area contributed by atoms with Crippen LogP contribution in [-0.4, -0.2) is 0 Å². The number of rotatable bonds is 3. The lowest BCUT2D eigenvalue weighted by Gasteiger charge is -2.11. The lowest BCUT2D eigenvalue weighted by molar-refractivity contribution is 0.303. The molecule has 0 saturated heterocycles. The second kappa shape index (κ2) is 5.53. The lowest BCUT2D eigenvalue weighted by Crippen LogP contribution is -1.99. The minimum absolute atomic E-state index is 0.264. The monoisotopic (exact) mass is 255 g/mol. The maximum absolute atomic E-state index is 13.0. The SMILES string of the molecule is Cc1cc(C#N)ccc1COc1ccc(F)cc1C. The molecule has 0 bridgehead atoms. The number of hydrogen-bond acceptors (Lipinski definition) is 2. The minimum atomic E-state index is -0.264. The Kier molecular flexibility index (Phi) is 3.82. The molecule has 0 aliphatic heterocycles. The van der Waals surface area contributed by atoms with Crippen LogP contribution in [0.5, 0.6) is 5.75 Å². The van der Waals surface area contributed by atoms with Crippen LogP contribution in [0.2, 0.25) is 0 Å². The molecule has 0 saturated carbocycles. The fourth-order valence-electron chi connectivity index (χ4n) is 1.86. The second-order valence-electron chi connectivity index (χ2n) is 4.45. The minimum Gasteiger partial charge on any atom is -0.489 e. The van der Waals surface area contributed by atoms with Crippen molar-refractivity contribution in [2.45, 2.75) is 20.5 Å². The molecule has 3 heteroatoms. The lowest BCUT2D eigenvalue weighted by atomic mass is 10.1. The molecule has 0 atom stereocenters. The summed E-state index contributed by atoms with van der Waals surface area (Å²) in [4.78, 5) is 0. The van der Waals surface area contributed by atoms with Crippen LogP contribution in [-0.2, 0) is 6.61 Å². The van der Waals surface area contributed by atoms with Crippen molar-refractivity contribution < 1.29 is 9.13 Å². The molecule has 0 N–H and O–H groups in total. The molecule has 0 aliphatic carbocycles. The van der Waals surface area contributed by atoms with Gasteiger partial charge in [0, 0.05) is 0 Å². The summed E-state index contributed by atoms with van der Waals surface area (Å²) >= 11 is 0. The molecule has 2 nitrogen and oxygen atoms in total. The molecule has 0 aliphatic rings. The van der Waals surface area contributed by atoms with Crippen LogP contribution < -0.4 is 4.74 Å². The summed E-state index contributed by atoms with van der Waals surface area (Å²) in [7, 11) is 0. The highest BCUT2D eigenvalue weighted by Gasteiger charge is 2.04. The van der Waals surface area contributed by atoms with Crippen molar-refractivity contribution in [1.82, 2.24) is 0 Å². The predicted molar refractivity (Wildman–Crippen MR) is 71.4 cm³/mol. The van der Waals surface area contributed by atoms with Crippen molar-refractivity contribution in [3.8, 4) is 11.8 Å². The maximum Gasteiger partial charge on any atom is 0.123 e. The Morgan fingerprint density at radius 2 is 1.89 bits per heavy atom. The van der Waals surface area contributed by atoms with E-state index < -0.39 is 0 Å². The van der Waals surface area contributed by atoms with Crippen LogP contribution in [0.1, 0.15) is 22.3 Å². The molecule has 0 unspecified atom stereocenters. The van der Waals surface area contributed by atoms with Crippen molar-refractivity contribution in [3.63, 3.8) is 0 Å². The zero-order chi connectivity index (χ0) is 13.8. The summed E-state index contributed by atoms with van der Waals surface area (Å²) in [6, 6.07) is 12.0. The number of aryl methyl sites for hydroxylation is 2. The summed E-state index contributed by atoms with van der Waals surface area (Å²) in [6.07, 6.45) is 0. The highest BCUT2D eigenvalue weighted by Crippen LogP contribution is 2.20. The number of nitrogens with zero attached hydrogens (tertiary/aromatic N) is 1. The van der Waals surface area contributed by atoms with E-state index in [1.54, 1.807) is 12.1 Å². The number of hydrogen-bond donors (Lipinski definition) is 0. The van der Waals surface area contributed by atoms with E-state index in [0.717, 1.165) is 16.7 Å². The van der Waals surface area contributed by atoms with Gasteiger partial charge in [0.1, 0.15) is 18.2 Å². The van der Waals surface area contributed by atoms with E-state index in [-0.39, 0.29) is 5.82 Å². The zero-order valence-electron chi connectivity index (χ0n) is 10.9. The van der Waals surface area contributed by atoms with Crippen molar-refractivity contribution in [1.29, 1.82) is 5.26 Å². The summed E-state index contributed by atoms with van der Waals surface area (Å²) < 4.78 is 18.7. The number of nitriles is 1. The predicted octanol–water partition coefficient (Wildman–Crippen LogP) is 3.89. The van der Waals surface area contributed by atoms with Gasteiger partial charge in [0.25, 0.3) is 0 Å².